The Labute approximate surface area is 226 Å². The molecule has 0 atom stereocenters. The Kier molecular flexibility index (Phi) is 8.70. The van der Waals surface area contributed by atoms with Gasteiger partial charge in [0.2, 0.25) is 0 Å². The zero-order valence-corrected chi connectivity index (χ0v) is 22.3. The maximum absolute atomic E-state index is 12.5. The Hall–Kier alpha value is -3.96. The maximum Gasteiger partial charge on any atom is 0.308 e. The SMILES string of the molecule is COc1cccc(/C=N/NC(=O)CSc2nnc(-c3ccccc3)n2-c2ccc(Br)cc2)c1OC(C)=O. The first kappa shape index (κ1) is 26.1. The van der Waals surface area contributed by atoms with Crippen LogP contribution in [0.3, 0.4) is 0 Å². The van der Waals surface area contributed by atoms with Crippen LogP contribution < -0.4 is 14.9 Å². The third-order valence-electron chi connectivity index (χ3n) is 4.95. The van der Waals surface area contributed by atoms with Crippen molar-refractivity contribution < 1.29 is 19.1 Å². The summed E-state index contributed by atoms with van der Waals surface area (Å²) in [4.78, 5) is 24.0. The molecule has 0 fully saturated rings. The molecule has 11 heteroatoms. The molecule has 0 aliphatic carbocycles. The largest absolute Gasteiger partial charge is 0.493 e. The third-order valence-corrected chi connectivity index (χ3v) is 6.41. The average Bonchev–Trinajstić information content (AvgIpc) is 3.33. The molecule has 0 radical (unpaired) electrons. The van der Waals surface area contributed by atoms with E-state index in [1.165, 1.54) is 32.0 Å². The first-order chi connectivity index (χ1) is 18.0. The highest BCUT2D eigenvalue weighted by molar-refractivity contribution is 9.10. The van der Waals surface area contributed by atoms with Crippen LogP contribution in [-0.2, 0) is 9.59 Å². The molecular weight excluding hydrogens is 558 g/mol. The van der Waals surface area contributed by atoms with Gasteiger partial charge in [0.1, 0.15) is 0 Å². The number of nitrogens with one attached hydrogen (secondary N) is 1. The summed E-state index contributed by atoms with van der Waals surface area (Å²) in [6.07, 6.45) is 1.39. The lowest BCUT2D eigenvalue weighted by atomic mass is 10.2. The van der Waals surface area contributed by atoms with E-state index in [1.807, 2.05) is 59.2 Å². The molecule has 0 bridgehead atoms. The van der Waals surface area contributed by atoms with Gasteiger partial charge < -0.3 is 9.47 Å². The number of nitrogens with zero attached hydrogens (tertiary/aromatic N) is 4. The van der Waals surface area contributed by atoms with E-state index in [2.05, 4.69) is 36.7 Å². The number of hydrogen-bond donors (Lipinski definition) is 1. The number of halogens is 1. The standard InChI is InChI=1S/C26H22BrN5O4S/c1-17(33)36-24-19(9-6-10-22(24)35-2)15-28-29-23(34)16-37-26-31-30-25(18-7-4-3-5-8-18)32(26)21-13-11-20(27)12-14-21/h3-15H,16H2,1-2H3,(H,29,34)/b28-15+. The summed E-state index contributed by atoms with van der Waals surface area (Å²) < 4.78 is 13.3. The van der Waals surface area contributed by atoms with E-state index in [-0.39, 0.29) is 17.4 Å². The molecule has 1 heterocycles. The molecule has 4 rings (SSSR count). The van der Waals surface area contributed by atoms with Crippen molar-refractivity contribution in [1.82, 2.24) is 20.2 Å². The number of hydrogen-bond acceptors (Lipinski definition) is 8. The van der Waals surface area contributed by atoms with Crippen LogP contribution in [0.2, 0.25) is 0 Å². The summed E-state index contributed by atoms with van der Waals surface area (Å²) in [6.45, 7) is 1.29. The van der Waals surface area contributed by atoms with Gasteiger partial charge in [-0.25, -0.2) is 5.43 Å². The minimum atomic E-state index is -0.496. The van der Waals surface area contributed by atoms with Crippen LogP contribution in [0.1, 0.15) is 12.5 Å². The summed E-state index contributed by atoms with van der Waals surface area (Å²) in [5.74, 6) is 0.480. The lowest BCUT2D eigenvalue weighted by Gasteiger charge is -2.11. The molecule has 0 saturated carbocycles. The second-order valence-electron chi connectivity index (χ2n) is 7.54. The molecule has 4 aromatic rings. The van der Waals surface area contributed by atoms with E-state index in [0.29, 0.717) is 22.3 Å². The molecule has 37 heavy (non-hydrogen) atoms. The van der Waals surface area contributed by atoms with Crippen molar-refractivity contribution in [2.45, 2.75) is 12.1 Å². The van der Waals surface area contributed by atoms with Crippen LogP contribution >= 0.6 is 27.7 Å². The smallest absolute Gasteiger partial charge is 0.308 e. The first-order valence-electron chi connectivity index (χ1n) is 11.0. The van der Waals surface area contributed by atoms with Gasteiger partial charge in [-0.2, -0.15) is 5.10 Å². The van der Waals surface area contributed by atoms with Crippen LogP contribution in [0.5, 0.6) is 11.5 Å². The number of para-hydroxylation sites is 1. The van der Waals surface area contributed by atoms with Gasteiger partial charge in [-0.1, -0.05) is 64.1 Å². The number of carbonyl (C=O) groups excluding carboxylic acids is 2. The predicted molar refractivity (Wildman–Crippen MR) is 145 cm³/mol. The van der Waals surface area contributed by atoms with Gasteiger partial charge in [-0.3, -0.25) is 14.2 Å². The molecular formula is C26H22BrN5O4S. The summed E-state index contributed by atoms with van der Waals surface area (Å²) in [6, 6.07) is 22.6. The quantitative estimate of drug-likeness (QED) is 0.0990. The molecule has 0 spiro atoms. The minimum absolute atomic E-state index is 0.0513. The Morgan fingerprint density at radius 1 is 1.05 bits per heavy atom. The van der Waals surface area contributed by atoms with E-state index < -0.39 is 5.97 Å². The Balaban J connectivity index is 1.49. The second kappa shape index (κ2) is 12.3. The van der Waals surface area contributed by atoms with Crippen molar-refractivity contribution in [2.75, 3.05) is 12.9 Å². The van der Waals surface area contributed by atoms with Gasteiger partial charge in [-0.05, 0) is 36.4 Å². The summed E-state index contributed by atoms with van der Waals surface area (Å²) >= 11 is 4.70. The fourth-order valence-electron chi connectivity index (χ4n) is 3.34. The number of benzene rings is 3. The van der Waals surface area contributed by atoms with E-state index >= 15 is 0 Å². The molecule has 1 aromatic heterocycles. The lowest BCUT2D eigenvalue weighted by Crippen LogP contribution is -2.20. The number of methoxy groups -OCH3 is 1. The van der Waals surface area contributed by atoms with E-state index in [0.717, 1.165) is 15.7 Å². The third kappa shape index (κ3) is 6.63. The van der Waals surface area contributed by atoms with Crippen LogP contribution in [0, 0.1) is 0 Å². The average molecular weight is 580 g/mol. The Bertz CT molecular complexity index is 1420. The Morgan fingerprint density at radius 2 is 1.81 bits per heavy atom. The van der Waals surface area contributed by atoms with E-state index in [9.17, 15) is 9.59 Å². The number of carbonyl (C=O) groups is 2. The van der Waals surface area contributed by atoms with E-state index in [1.54, 1.807) is 18.2 Å². The normalized spacial score (nSPS) is 10.9. The number of amides is 1. The van der Waals surface area contributed by atoms with Crippen LogP contribution in [-0.4, -0.2) is 45.7 Å². The number of thioether (sulfide) groups is 1. The summed E-state index contributed by atoms with van der Waals surface area (Å²) in [5.41, 5.74) is 4.73. The predicted octanol–water partition coefficient (Wildman–Crippen LogP) is 4.87. The highest BCUT2D eigenvalue weighted by Crippen LogP contribution is 2.30. The molecule has 9 nitrogen and oxygen atoms in total. The topological polar surface area (TPSA) is 108 Å². The van der Waals surface area contributed by atoms with Crippen LogP contribution in [0.4, 0.5) is 0 Å². The molecule has 0 aliphatic rings. The molecule has 0 aliphatic heterocycles. The molecule has 1 N–H and O–H groups in total. The maximum atomic E-state index is 12.5. The molecule has 0 saturated heterocycles. The van der Waals surface area contributed by atoms with Gasteiger partial charge in [0, 0.05) is 28.2 Å². The second-order valence-corrected chi connectivity index (χ2v) is 9.40. The number of hydrazone groups is 1. The zero-order valence-electron chi connectivity index (χ0n) is 19.9. The molecule has 188 valence electrons. The Morgan fingerprint density at radius 3 is 2.51 bits per heavy atom. The zero-order chi connectivity index (χ0) is 26.2. The highest BCUT2D eigenvalue weighted by Gasteiger charge is 2.17. The highest BCUT2D eigenvalue weighted by atomic mass is 79.9. The molecule has 0 unspecified atom stereocenters. The van der Waals surface area contributed by atoms with Crippen LogP contribution in [0.15, 0.2) is 87.5 Å². The van der Waals surface area contributed by atoms with Crippen molar-refractivity contribution in [2.24, 2.45) is 5.10 Å². The van der Waals surface area contributed by atoms with Gasteiger partial charge in [0.25, 0.3) is 5.91 Å². The summed E-state index contributed by atoms with van der Waals surface area (Å²) in [7, 11) is 1.47. The minimum Gasteiger partial charge on any atom is -0.493 e. The van der Waals surface area contributed by atoms with Gasteiger partial charge in [0.15, 0.2) is 22.5 Å². The van der Waals surface area contributed by atoms with Gasteiger partial charge in [-0.15, -0.1) is 10.2 Å². The van der Waals surface area contributed by atoms with Crippen LogP contribution in [0.25, 0.3) is 17.1 Å². The lowest BCUT2D eigenvalue weighted by molar-refractivity contribution is -0.132. The fourth-order valence-corrected chi connectivity index (χ4v) is 4.35. The van der Waals surface area contributed by atoms with Crippen molar-refractivity contribution in [3.05, 3.63) is 82.8 Å². The number of rotatable bonds is 9. The monoisotopic (exact) mass is 579 g/mol. The molecule has 3 aromatic carbocycles. The van der Waals surface area contributed by atoms with Crippen molar-refractivity contribution in [3.8, 4) is 28.6 Å². The summed E-state index contributed by atoms with van der Waals surface area (Å²) in [5, 5.41) is 13.3. The van der Waals surface area contributed by atoms with Crippen molar-refractivity contribution in [1.29, 1.82) is 0 Å². The van der Waals surface area contributed by atoms with Gasteiger partial charge in [0.05, 0.1) is 19.1 Å². The number of aromatic nitrogens is 3. The number of esters is 1. The van der Waals surface area contributed by atoms with Crippen molar-refractivity contribution in [3.63, 3.8) is 0 Å². The van der Waals surface area contributed by atoms with Crippen molar-refractivity contribution >= 4 is 45.8 Å². The van der Waals surface area contributed by atoms with Gasteiger partial charge >= 0.3 is 5.97 Å². The molecule has 1 amide bonds. The first-order valence-corrected chi connectivity index (χ1v) is 12.8. The van der Waals surface area contributed by atoms with E-state index in [4.69, 9.17) is 9.47 Å². The fraction of sp³-hybridized carbons (Fsp3) is 0.115. The number of ether oxygens (including phenoxy) is 2.